The van der Waals surface area contributed by atoms with E-state index in [4.69, 9.17) is 5.73 Å². The summed E-state index contributed by atoms with van der Waals surface area (Å²) in [6, 6.07) is 3.45. The van der Waals surface area contributed by atoms with Crippen LogP contribution in [0.1, 0.15) is 19.0 Å². The minimum Gasteiger partial charge on any atom is -0.399 e. The molecule has 0 saturated carbocycles. The molecule has 1 heterocycles. The number of pyridine rings is 1. The van der Waals surface area contributed by atoms with Gasteiger partial charge in [-0.25, -0.2) is 4.98 Å². The van der Waals surface area contributed by atoms with Gasteiger partial charge in [0.05, 0.1) is 0 Å². The first kappa shape index (κ1) is 11.6. The van der Waals surface area contributed by atoms with Crippen molar-refractivity contribution in [3.05, 3.63) is 24.0 Å². The third-order valence-electron chi connectivity index (χ3n) is 1.53. The Morgan fingerprint density at radius 2 is 2.47 bits per heavy atom. The van der Waals surface area contributed by atoms with E-state index in [0.29, 0.717) is 17.8 Å². The summed E-state index contributed by atoms with van der Waals surface area (Å²) in [7, 11) is 0. The number of nitrogens with zero attached hydrogens (tertiary/aromatic N) is 1. The van der Waals surface area contributed by atoms with Crippen LogP contribution in [0.5, 0.6) is 0 Å². The first-order valence-electron chi connectivity index (χ1n) is 4.52. The molecule has 0 aliphatic heterocycles. The van der Waals surface area contributed by atoms with E-state index in [1.807, 2.05) is 0 Å². The zero-order chi connectivity index (χ0) is 11.1. The summed E-state index contributed by atoms with van der Waals surface area (Å²) in [4.78, 5) is 14.7. The number of hydrogen-bond donors (Lipinski definition) is 1. The Balaban J connectivity index is 2.41. The van der Waals surface area contributed by atoms with Gasteiger partial charge in [-0.15, -0.1) is 0 Å². The van der Waals surface area contributed by atoms with Gasteiger partial charge in [0.15, 0.2) is 5.12 Å². The molecule has 0 radical (unpaired) electrons. The van der Waals surface area contributed by atoms with Crippen molar-refractivity contribution in [3.8, 4) is 11.8 Å². The third-order valence-corrected chi connectivity index (χ3v) is 2.35. The van der Waals surface area contributed by atoms with Crippen molar-refractivity contribution in [1.29, 1.82) is 0 Å². The van der Waals surface area contributed by atoms with Crippen molar-refractivity contribution < 1.29 is 4.79 Å². The zero-order valence-corrected chi connectivity index (χ0v) is 9.30. The van der Waals surface area contributed by atoms with Crippen LogP contribution in [0.4, 0.5) is 5.69 Å². The summed E-state index contributed by atoms with van der Waals surface area (Å²) in [6.07, 6.45) is 2.31. The predicted molar refractivity (Wildman–Crippen MR) is 63.3 cm³/mol. The van der Waals surface area contributed by atoms with E-state index in [9.17, 15) is 4.79 Å². The highest BCUT2D eigenvalue weighted by atomic mass is 32.2. The first-order valence-corrected chi connectivity index (χ1v) is 5.51. The number of aromatic nitrogens is 1. The van der Waals surface area contributed by atoms with Crippen molar-refractivity contribution in [1.82, 2.24) is 4.98 Å². The molecule has 0 aliphatic rings. The molecule has 0 fully saturated rings. The fraction of sp³-hybridized carbons (Fsp3) is 0.273. The summed E-state index contributed by atoms with van der Waals surface area (Å²) >= 11 is 1.28. The lowest BCUT2D eigenvalue weighted by Gasteiger charge is -1.92. The fourth-order valence-corrected chi connectivity index (χ4v) is 1.41. The van der Waals surface area contributed by atoms with Crippen LogP contribution in [0.2, 0.25) is 0 Å². The second-order valence-electron chi connectivity index (χ2n) is 2.87. The van der Waals surface area contributed by atoms with Crippen LogP contribution in [0.15, 0.2) is 18.3 Å². The van der Waals surface area contributed by atoms with Crippen molar-refractivity contribution in [2.75, 3.05) is 11.5 Å². The van der Waals surface area contributed by atoms with E-state index in [1.165, 1.54) is 11.8 Å². The zero-order valence-electron chi connectivity index (χ0n) is 8.49. The van der Waals surface area contributed by atoms with Gasteiger partial charge >= 0.3 is 0 Å². The number of nitrogens with two attached hydrogens (primary N) is 1. The maximum absolute atomic E-state index is 10.6. The lowest BCUT2D eigenvalue weighted by Crippen LogP contribution is -1.88. The third kappa shape index (κ3) is 5.08. The van der Waals surface area contributed by atoms with Crippen LogP contribution < -0.4 is 5.73 Å². The number of thioether (sulfide) groups is 1. The van der Waals surface area contributed by atoms with E-state index in [1.54, 1.807) is 25.3 Å². The van der Waals surface area contributed by atoms with Crippen LogP contribution in [0, 0.1) is 11.8 Å². The molecule has 0 atom stereocenters. The maximum Gasteiger partial charge on any atom is 0.185 e. The average molecular weight is 220 g/mol. The molecule has 0 bridgehead atoms. The minimum atomic E-state index is 0.124. The summed E-state index contributed by atoms with van der Waals surface area (Å²) in [5.41, 5.74) is 6.90. The van der Waals surface area contributed by atoms with Gasteiger partial charge < -0.3 is 5.73 Å². The smallest absolute Gasteiger partial charge is 0.185 e. The van der Waals surface area contributed by atoms with Crippen molar-refractivity contribution >= 4 is 22.6 Å². The molecule has 0 amide bonds. The number of carbonyl (C=O) groups is 1. The molecule has 4 heteroatoms. The Morgan fingerprint density at radius 3 is 3.13 bits per heavy atom. The van der Waals surface area contributed by atoms with Crippen LogP contribution in [-0.4, -0.2) is 15.9 Å². The number of anilines is 1. The highest BCUT2D eigenvalue weighted by Crippen LogP contribution is 2.03. The number of nitrogen functional groups attached to an aromatic ring is 1. The second-order valence-corrected chi connectivity index (χ2v) is 4.14. The summed E-state index contributed by atoms with van der Waals surface area (Å²) in [5.74, 6) is 6.56. The molecule has 78 valence electrons. The van der Waals surface area contributed by atoms with Gasteiger partial charge in [-0.3, -0.25) is 4.79 Å². The van der Waals surface area contributed by atoms with Crippen LogP contribution in [0.3, 0.4) is 0 Å². The molecule has 0 spiro atoms. The molecule has 0 saturated heterocycles. The molecule has 3 nitrogen and oxygen atoms in total. The summed E-state index contributed by atoms with van der Waals surface area (Å²) in [6.45, 7) is 1.55. The monoisotopic (exact) mass is 220 g/mol. The highest BCUT2D eigenvalue weighted by Gasteiger charge is 1.91. The molecular formula is C11H12N2OS. The van der Waals surface area contributed by atoms with Crippen molar-refractivity contribution in [3.63, 3.8) is 0 Å². The normalized spacial score (nSPS) is 9.13. The first-order chi connectivity index (χ1) is 7.18. The van der Waals surface area contributed by atoms with Gasteiger partial charge in [-0.2, -0.15) is 0 Å². The molecule has 1 rings (SSSR count). The SMILES string of the molecule is CC(=O)SCCC#Cc1cc(N)ccn1. The predicted octanol–water partition coefficient (Wildman–Crippen LogP) is 1.69. The Hall–Kier alpha value is -1.47. The molecule has 0 unspecified atom stereocenters. The van der Waals surface area contributed by atoms with Crippen molar-refractivity contribution in [2.24, 2.45) is 0 Å². The molecule has 1 aromatic rings. The largest absolute Gasteiger partial charge is 0.399 e. The van der Waals surface area contributed by atoms with Gasteiger partial charge in [0.25, 0.3) is 0 Å². The standard InChI is InChI=1S/C11H12N2OS/c1-9(14)15-7-3-2-4-11-8-10(12)5-6-13-11/h5-6,8H,3,7H2,1H3,(H2,12,13). The van der Waals surface area contributed by atoms with Gasteiger partial charge in [-0.05, 0) is 18.1 Å². The van der Waals surface area contributed by atoms with Crippen LogP contribution in [0.25, 0.3) is 0 Å². The summed E-state index contributed by atoms with van der Waals surface area (Å²) in [5, 5.41) is 0.124. The Bertz CT molecular complexity index is 407. The Labute approximate surface area is 93.5 Å². The number of carbonyl (C=O) groups excluding carboxylic acids is 1. The van der Waals surface area contributed by atoms with Crippen molar-refractivity contribution in [2.45, 2.75) is 13.3 Å². The topological polar surface area (TPSA) is 56.0 Å². The van der Waals surface area contributed by atoms with Crippen LogP contribution >= 0.6 is 11.8 Å². The van der Waals surface area contributed by atoms with Gasteiger partial charge in [0.2, 0.25) is 0 Å². The van der Waals surface area contributed by atoms with E-state index in [0.717, 1.165) is 5.75 Å². The average Bonchev–Trinajstić information content (AvgIpc) is 2.17. The maximum atomic E-state index is 10.6. The molecule has 0 aliphatic carbocycles. The van der Waals surface area contributed by atoms with Gasteiger partial charge in [0, 0.05) is 31.0 Å². The van der Waals surface area contributed by atoms with Gasteiger partial charge in [-0.1, -0.05) is 17.7 Å². The molecule has 2 N–H and O–H groups in total. The van der Waals surface area contributed by atoms with E-state index >= 15 is 0 Å². The second kappa shape index (κ2) is 6.10. The number of hydrogen-bond acceptors (Lipinski definition) is 4. The highest BCUT2D eigenvalue weighted by molar-refractivity contribution is 8.13. The van der Waals surface area contributed by atoms with E-state index in [2.05, 4.69) is 16.8 Å². The minimum absolute atomic E-state index is 0.124. The Morgan fingerprint density at radius 1 is 1.67 bits per heavy atom. The van der Waals surface area contributed by atoms with E-state index < -0.39 is 0 Å². The van der Waals surface area contributed by atoms with Gasteiger partial charge in [0.1, 0.15) is 5.69 Å². The molecular weight excluding hydrogens is 208 g/mol. The molecule has 1 aromatic heterocycles. The molecule has 0 aromatic carbocycles. The quantitative estimate of drug-likeness (QED) is 0.608. The van der Waals surface area contributed by atoms with Crippen LogP contribution in [-0.2, 0) is 4.79 Å². The fourth-order valence-electron chi connectivity index (χ4n) is 0.914. The lowest BCUT2D eigenvalue weighted by molar-refractivity contribution is -0.109. The van der Waals surface area contributed by atoms with E-state index in [-0.39, 0.29) is 5.12 Å². The Kier molecular flexibility index (Phi) is 4.72. The number of rotatable bonds is 2. The molecule has 15 heavy (non-hydrogen) atoms. The lowest BCUT2D eigenvalue weighted by atomic mass is 10.3. The summed E-state index contributed by atoms with van der Waals surface area (Å²) < 4.78 is 0.